The third-order valence-corrected chi connectivity index (χ3v) is 5.19. The summed E-state index contributed by atoms with van der Waals surface area (Å²) in [7, 11) is 1.91. The molecule has 1 unspecified atom stereocenters. The van der Waals surface area contributed by atoms with Gasteiger partial charge in [-0.25, -0.2) is 0 Å². The summed E-state index contributed by atoms with van der Waals surface area (Å²) in [5.74, 6) is 0.133. The Balaban J connectivity index is 1.64. The van der Waals surface area contributed by atoms with Gasteiger partial charge >= 0.3 is 0 Å². The molecular weight excluding hydrogens is 336 g/mol. The van der Waals surface area contributed by atoms with Gasteiger partial charge in [-0.3, -0.25) is 4.79 Å². The molecule has 4 heteroatoms. The zero-order chi connectivity index (χ0) is 19.1. The van der Waals surface area contributed by atoms with Gasteiger partial charge in [-0.05, 0) is 29.7 Å². The molecule has 27 heavy (non-hydrogen) atoms. The highest BCUT2D eigenvalue weighted by Crippen LogP contribution is 2.24. The highest BCUT2D eigenvalue weighted by molar-refractivity contribution is 5.83. The Hall–Kier alpha value is -2.33. The zero-order valence-electron chi connectivity index (χ0n) is 16.4. The van der Waals surface area contributed by atoms with Gasteiger partial charge in [0, 0.05) is 32.4 Å². The summed E-state index contributed by atoms with van der Waals surface area (Å²) < 4.78 is 5.42. The number of rotatable bonds is 7. The maximum absolute atomic E-state index is 13.1. The molecule has 1 fully saturated rings. The van der Waals surface area contributed by atoms with Crippen molar-refractivity contribution in [1.82, 2.24) is 4.90 Å². The molecule has 2 aromatic rings. The van der Waals surface area contributed by atoms with Gasteiger partial charge in [-0.2, -0.15) is 0 Å². The van der Waals surface area contributed by atoms with Crippen molar-refractivity contribution in [3.63, 3.8) is 0 Å². The summed E-state index contributed by atoms with van der Waals surface area (Å²) in [6, 6.07) is 18.7. The van der Waals surface area contributed by atoms with Crippen molar-refractivity contribution >= 4 is 11.6 Å². The first kappa shape index (κ1) is 19.4. The molecule has 1 heterocycles. The number of hydrogen-bond acceptors (Lipinski definition) is 3. The first-order chi connectivity index (χ1) is 13.2. The van der Waals surface area contributed by atoms with E-state index in [0.717, 1.165) is 50.3 Å². The van der Waals surface area contributed by atoms with Crippen LogP contribution >= 0.6 is 0 Å². The first-order valence-corrected chi connectivity index (χ1v) is 9.90. The summed E-state index contributed by atoms with van der Waals surface area (Å²) in [6.07, 6.45) is 1.87. The Bertz CT molecular complexity index is 709. The zero-order valence-corrected chi connectivity index (χ0v) is 16.4. The SMILES string of the molecule is CCCC(C(=O)N(C)Cc1ccc(N2CCOCC2)cc1)c1ccccc1. The molecule has 0 aromatic heterocycles. The molecule has 144 valence electrons. The maximum Gasteiger partial charge on any atom is 0.230 e. The Kier molecular flexibility index (Phi) is 6.88. The molecule has 0 saturated carbocycles. The topological polar surface area (TPSA) is 32.8 Å². The number of benzene rings is 2. The molecular formula is C23H30N2O2. The molecule has 1 saturated heterocycles. The van der Waals surface area contributed by atoms with Crippen LogP contribution in [0.15, 0.2) is 54.6 Å². The van der Waals surface area contributed by atoms with Crippen molar-refractivity contribution in [1.29, 1.82) is 0 Å². The van der Waals surface area contributed by atoms with Crippen molar-refractivity contribution in [3.8, 4) is 0 Å². The molecule has 3 rings (SSSR count). The Morgan fingerprint density at radius 1 is 1.07 bits per heavy atom. The molecule has 0 spiro atoms. The van der Waals surface area contributed by atoms with E-state index < -0.39 is 0 Å². The van der Waals surface area contributed by atoms with Crippen LogP contribution in [0.2, 0.25) is 0 Å². The van der Waals surface area contributed by atoms with Gasteiger partial charge in [0.15, 0.2) is 0 Å². The minimum absolute atomic E-state index is 0.0613. The number of likely N-dealkylation sites (N-methyl/N-ethyl adjacent to an activating group) is 1. The quantitative estimate of drug-likeness (QED) is 0.741. The minimum atomic E-state index is -0.0613. The monoisotopic (exact) mass is 366 g/mol. The number of morpholine rings is 1. The van der Waals surface area contributed by atoms with Gasteiger partial charge < -0.3 is 14.5 Å². The normalized spacial score (nSPS) is 15.4. The van der Waals surface area contributed by atoms with Crippen LogP contribution in [0, 0.1) is 0 Å². The second-order valence-electron chi connectivity index (χ2n) is 7.21. The average molecular weight is 367 g/mol. The van der Waals surface area contributed by atoms with Gasteiger partial charge in [0.1, 0.15) is 0 Å². The lowest BCUT2D eigenvalue weighted by atomic mass is 9.93. The van der Waals surface area contributed by atoms with E-state index in [1.54, 1.807) is 0 Å². The molecule has 1 aliphatic heterocycles. The van der Waals surface area contributed by atoms with Crippen molar-refractivity contribution in [2.45, 2.75) is 32.2 Å². The molecule has 0 bridgehead atoms. The van der Waals surface area contributed by atoms with Crippen molar-refractivity contribution < 1.29 is 9.53 Å². The van der Waals surface area contributed by atoms with Crippen LogP contribution in [0.4, 0.5) is 5.69 Å². The summed E-state index contributed by atoms with van der Waals surface area (Å²) in [6.45, 7) is 6.22. The van der Waals surface area contributed by atoms with E-state index in [0.29, 0.717) is 6.54 Å². The van der Waals surface area contributed by atoms with Crippen molar-refractivity contribution in [3.05, 3.63) is 65.7 Å². The fraction of sp³-hybridized carbons (Fsp3) is 0.435. The van der Waals surface area contributed by atoms with Crippen LogP contribution in [0.3, 0.4) is 0 Å². The number of ether oxygens (including phenoxy) is 1. The van der Waals surface area contributed by atoms with Crippen LogP contribution in [0.5, 0.6) is 0 Å². The largest absolute Gasteiger partial charge is 0.378 e. The minimum Gasteiger partial charge on any atom is -0.378 e. The Labute approximate surface area is 162 Å². The van der Waals surface area contributed by atoms with Crippen LogP contribution in [-0.2, 0) is 16.1 Å². The first-order valence-electron chi connectivity index (χ1n) is 9.90. The maximum atomic E-state index is 13.1. The van der Waals surface area contributed by atoms with E-state index in [-0.39, 0.29) is 11.8 Å². The van der Waals surface area contributed by atoms with Crippen LogP contribution in [-0.4, -0.2) is 44.2 Å². The number of amides is 1. The highest BCUT2D eigenvalue weighted by atomic mass is 16.5. The molecule has 0 radical (unpaired) electrons. The fourth-order valence-electron chi connectivity index (χ4n) is 3.66. The predicted octanol–water partition coefficient (Wildman–Crippen LogP) is 4.07. The molecule has 1 amide bonds. The van der Waals surface area contributed by atoms with E-state index in [1.807, 2.05) is 30.1 Å². The molecule has 4 nitrogen and oxygen atoms in total. The van der Waals surface area contributed by atoms with Gasteiger partial charge in [0.2, 0.25) is 5.91 Å². The molecule has 1 aliphatic rings. The smallest absolute Gasteiger partial charge is 0.230 e. The lowest BCUT2D eigenvalue weighted by Gasteiger charge is -2.29. The lowest BCUT2D eigenvalue weighted by molar-refractivity contribution is -0.132. The highest BCUT2D eigenvalue weighted by Gasteiger charge is 2.23. The van der Waals surface area contributed by atoms with Crippen LogP contribution in [0.1, 0.15) is 36.8 Å². The number of nitrogens with zero attached hydrogens (tertiary/aromatic N) is 2. The number of anilines is 1. The summed E-state index contributed by atoms with van der Waals surface area (Å²) >= 11 is 0. The standard InChI is InChI=1S/C23H30N2O2/c1-3-7-22(20-8-5-4-6-9-20)23(26)24(2)18-19-10-12-21(13-11-19)25-14-16-27-17-15-25/h4-6,8-13,22H,3,7,14-18H2,1-2H3. The van der Waals surface area contributed by atoms with Crippen LogP contribution < -0.4 is 4.90 Å². The van der Waals surface area contributed by atoms with Crippen molar-refractivity contribution in [2.75, 3.05) is 38.3 Å². The van der Waals surface area contributed by atoms with E-state index in [4.69, 9.17) is 4.74 Å². The van der Waals surface area contributed by atoms with Gasteiger partial charge in [-0.1, -0.05) is 55.8 Å². The molecule has 0 aliphatic carbocycles. The second-order valence-corrected chi connectivity index (χ2v) is 7.21. The number of carbonyl (C=O) groups excluding carboxylic acids is 1. The number of hydrogen-bond donors (Lipinski definition) is 0. The third kappa shape index (κ3) is 5.10. The fourth-order valence-corrected chi connectivity index (χ4v) is 3.66. The van der Waals surface area contributed by atoms with E-state index in [1.165, 1.54) is 5.69 Å². The molecule has 2 aromatic carbocycles. The average Bonchev–Trinajstić information content (AvgIpc) is 2.73. The molecule has 1 atom stereocenters. The molecule has 0 N–H and O–H groups in total. The lowest BCUT2D eigenvalue weighted by Crippen LogP contribution is -2.36. The van der Waals surface area contributed by atoms with Gasteiger partial charge in [0.05, 0.1) is 19.1 Å². The third-order valence-electron chi connectivity index (χ3n) is 5.19. The van der Waals surface area contributed by atoms with Crippen molar-refractivity contribution in [2.24, 2.45) is 0 Å². The second kappa shape index (κ2) is 9.56. The summed E-state index contributed by atoms with van der Waals surface area (Å²) in [5.41, 5.74) is 3.49. The summed E-state index contributed by atoms with van der Waals surface area (Å²) in [5, 5.41) is 0. The predicted molar refractivity (Wildman–Crippen MR) is 110 cm³/mol. The number of carbonyl (C=O) groups is 1. The Morgan fingerprint density at radius 3 is 2.37 bits per heavy atom. The van der Waals surface area contributed by atoms with Gasteiger partial charge in [0.25, 0.3) is 0 Å². The van der Waals surface area contributed by atoms with E-state index in [9.17, 15) is 4.79 Å². The van der Waals surface area contributed by atoms with E-state index in [2.05, 4.69) is 48.2 Å². The Morgan fingerprint density at radius 2 is 1.74 bits per heavy atom. The van der Waals surface area contributed by atoms with E-state index >= 15 is 0 Å². The van der Waals surface area contributed by atoms with Gasteiger partial charge in [-0.15, -0.1) is 0 Å². The van der Waals surface area contributed by atoms with Crippen LogP contribution in [0.25, 0.3) is 0 Å². The summed E-state index contributed by atoms with van der Waals surface area (Å²) in [4.78, 5) is 17.3.